The highest BCUT2D eigenvalue weighted by Gasteiger charge is 2.35. The molecule has 1 amide bonds. The summed E-state index contributed by atoms with van der Waals surface area (Å²) in [7, 11) is 0. The smallest absolute Gasteiger partial charge is 0.222 e. The van der Waals surface area contributed by atoms with E-state index in [1.54, 1.807) is 0 Å². The van der Waals surface area contributed by atoms with Crippen LogP contribution >= 0.6 is 12.4 Å². The van der Waals surface area contributed by atoms with Gasteiger partial charge in [0.1, 0.15) is 11.6 Å². The predicted molar refractivity (Wildman–Crippen MR) is 112 cm³/mol. The van der Waals surface area contributed by atoms with Gasteiger partial charge in [0.25, 0.3) is 0 Å². The third kappa shape index (κ3) is 4.70. The minimum atomic E-state index is 0. The number of carbonyl (C=O) groups excluding carboxylic acids is 1. The van der Waals surface area contributed by atoms with Crippen LogP contribution in [-0.4, -0.2) is 45.2 Å². The molecule has 158 valence electrons. The number of halogens is 1. The van der Waals surface area contributed by atoms with Gasteiger partial charge in [-0.2, -0.15) is 0 Å². The van der Waals surface area contributed by atoms with Crippen LogP contribution in [0, 0.1) is 17.3 Å². The van der Waals surface area contributed by atoms with E-state index in [-0.39, 0.29) is 12.4 Å². The Kier molecular flexibility index (Phi) is 6.70. The van der Waals surface area contributed by atoms with Gasteiger partial charge in [0, 0.05) is 38.5 Å². The Morgan fingerprint density at radius 1 is 1.18 bits per heavy atom. The molecule has 0 aromatic carbocycles. The standard InChI is InChI=1S/C21H35N5O.ClH/c1-15-10-16(13-21(2,3)12-15)11-19(27)25-7-4-17(5-8-25)20-24-23-18-14-22-6-9-26(18)20;/h15-17,22H,4-14H2,1-3H3;1H. The molecule has 1 N–H and O–H groups in total. The number of likely N-dealkylation sites (tertiary alicyclic amines) is 1. The topological polar surface area (TPSA) is 63.1 Å². The van der Waals surface area contributed by atoms with Gasteiger partial charge < -0.3 is 14.8 Å². The molecule has 2 unspecified atom stereocenters. The molecule has 3 aliphatic rings. The SMILES string of the molecule is CC1CC(CC(=O)N2CCC(c3nnc4n3CCNC4)CC2)CC(C)(C)C1.Cl. The van der Waals surface area contributed by atoms with Gasteiger partial charge in [0.05, 0.1) is 6.54 Å². The Balaban J connectivity index is 0.00000225. The van der Waals surface area contributed by atoms with Crippen LogP contribution in [0.4, 0.5) is 0 Å². The quantitative estimate of drug-likeness (QED) is 0.831. The highest BCUT2D eigenvalue weighted by Crippen LogP contribution is 2.43. The van der Waals surface area contributed by atoms with E-state index in [0.29, 0.717) is 23.2 Å². The second-order valence-electron chi connectivity index (χ2n) is 9.94. The molecule has 2 fully saturated rings. The fraction of sp³-hybridized carbons (Fsp3) is 0.857. The molecule has 3 heterocycles. The van der Waals surface area contributed by atoms with E-state index in [1.165, 1.54) is 19.3 Å². The number of piperidine rings is 1. The summed E-state index contributed by atoms with van der Waals surface area (Å²) >= 11 is 0. The molecule has 1 saturated carbocycles. The molecular weight excluding hydrogens is 374 g/mol. The third-order valence-electron chi connectivity index (χ3n) is 6.81. The molecular formula is C21H36ClN5O. The summed E-state index contributed by atoms with van der Waals surface area (Å²) in [5.74, 6) is 4.32. The molecule has 1 saturated heterocycles. The van der Waals surface area contributed by atoms with E-state index in [1.807, 2.05) is 0 Å². The Bertz CT molecular complexity index is 680. The summed E-state index contributed by atoms with van der Waals surface area (Å²) in [5.41, 5.74) is 0.386. The summed E-state index contributed by atoms with van der Waals surface area (Å²) in [6.07, 6.45) is 6.48. The first-order valence-electron chi connectivity index (χ1n) is 10.8. The molecule has 28 heavy (non-hydrogen) atoms. The van der Waals surface area contributed by atoms with E-state index in [9.17, 15) is 4.79 Å². The van der Waals surface area contributed by atoms with Crippen molar-refractivity contribution in [2.45, 2.75) is 78.3 Å². The van der Waals surface area contributed by atoms with Crippen LogP contribution in [-0.2, 0) is 17.9 Å². The average Bonchev–Trinajstić information content (AvgIpc) is 3.04. The molecule has 4 rings (SSSR count). The molecule has 7 heteroatoms. The van der Waals surface area contributed by atoms with Crippen molar-refractivity contribution in [2.75, 3.05) is 19.6 Å². The lowest BCUT2D eigenvalue weighted by Crippen LogP contribution is -2.40. The Labute approximate surface area is 175 Å². The largest absolute Gasteiger partial charge is 0.343 e. The van der Waals surface area contributed by atoms with Crippen LogP contribution in [0.2, 0.25) is 0 Å². The van der Waals surface area contributed by atoms with Crippen molar-refractivity contribution >= 4 is 18.3 Å². The molecule has 0 spiro atoms. The van der Waals surface area contributed by atoms with Crippen molar-refractivity contribution in [1.29, 1.82) is 0 Å². The van der Waals surface area contributed by atoms with Gasteiger partial charge in [0.15, 0.2) is 0 Å². The molecule has 1 aliphatic carbocycles. The van der Waals surface area contributed by atoms with Crippen molar-refractivity contribution in [1.82, 2.24) is 25.0 Å². The Morgan fingerprint density at radius 2 is 1.93 bits per heavy atom. The summed E-state index contributed by atoms with van der Waals surface area (Å²) in [6, 6.07) is 0. The zero-order valence-electron chi connectivity index (χ0n) is 17.6. The van der Waals surface area contributed by atoms with E-state index < -0.39 is 0 Å². The average molecular weight is 410 g/mol. The lowest BCUT2D eigenvalue weighted by molar-refractivity contribution is -0.134. The first-order chi connectivity index (χ1) is 12.9. The van der Waals surface area contributed by atoms with Crippen molar-refractivity contribution in [2.24, 2.45) is 17.3 Å². The summed E-state index contributed by atoms with van der Waals surface area (Å²) in [5, 5.41) is 12.2. The number of amides is 1. The first-order valence-corrected chi connectivity index (χ1v) is 10.8. The predicted octanol–water partition coefficient (Wildman–Crippen LogP) is 3.36. The van der Waals surface area contributed by atoms with Gasteiger partial charge in [-0.3, -0.25) is 4.79 Å². The highest BCUT2D eigenvalue weighted by molar-refractivity contribution is 5.85. The summed E-state index contributed by atoms with van der Waals surface area (Å²) in [6.45, 7) is 11.6. The maximum atomic E-state index is 12.9. The van der Waals surface area contributed by atoms with Crippen LogP contribution in [0.3, 0.4) is 0 Å². The van der Waals surface area contributed by atoms with E-state index >= 15 is 0 Å². The number of carbonyl (C=O) groups is 1. The maximum Gasteiger partial charge on any atom is 0.222 e. The first kappa shape index (κ1) is 21.6. The fourth-order valence-electron chi connectivity index (χ4n) is 5.88. The second kappa shape index (κ2) is 8.70. The van der Waals surface area contributed by atoms with E-state index in [2.05, 4.69) is 45.8 Å². The molecule has 2 atom stereocenters. The third-order valence-corrected chi connectivity index (χ3v) is 6.81. The number of aromatic nitrogens is 3. The number of fused-ring (bicyclic) bond motifs is 1. The number of rotatable bonds is 3. The maximum absolute atomic E-state index is 12.9. The lowest BCUT2D eigenvalue weighted by atomic mass is 9.67. The minimum absolute atomic E-state index is 0. The van der Waals surface area contributed by atoms with Crippen molar-refractivity contribution in [3.63, 3.8) is 0 Å². The van der Waals surface area contributed by atoms with Crippen LogP contribution in [0.25, 0.3) is 0 Å². The van der Waals surface area contributed by atoms with E-state index in [4.69, 9.17) is 0 Å². The molecule has 1 aromatic rings. The molecule has 2 aliphatic heterocycles. The Hall–Kier alpha value is -1.14. The fourth-order valence-corrected chi connectivity index (χ4v) is 5.88. The van der Waals surface area contributed by atoms with Crippen molar-refractivity contribution in [3.8, 4) is 0 Å². The molecule has 6 nitrogen and oxygen atoms in total. The molecule has 0 bridgehead atoms. The highest BCUT2D eigenvalue weighted by atomic mass is 35.5. The monoisotopic (exact) mass is 409 g/mol. The number of hydrogen-bond donors (Lipinski definition) is 1. The van der Waals surface area contributed by atoms with Gasteiger partial charge in [0.2, 0.25) is 5.91 Å². The zero-order valence-corrected chi connectivity index (χ0v) is 18.4. The van der Waals surface area contributed by atoms with Crippen LogP contribution < -0.4 is 5.32 Å². The van der Waals surface area contributed by atoms with Crippen molar-refractivity contribution < 1.29 is 4.79 Å². The van der Waals surface area contributed by atoms with Gasteiger partial charge in [-0.1, -0.05) is 20.8 Å². The Morgan fingerprint density at radius 3 is 2.64 bits per heavy atom. The van der Waals surface area contributed by atoms with Gasteiger partial charge in [-0.25, -0.2) is 0 Å². The lowest BCUT2D eigenvalue weighted by Gasteiger charge is -2.40. The van der Waals surface area contributed by atoms with Crippen LogP contribution in [0.15, 0.2) is 0 Å². The number of nitrogens with one attached hydrogen (secondary N) is 1. The summed E-state index contributed by atoms with van der Waals surface area (Å²) in [4.78, 5) is 15.0. The minimum Gasteiger partial charge on any atom is -0.343 e. The normalized spacial score (nSPS) is 27.8. The van der Waals surface area contributed by atoms with Gasteiger partial charge in [-0.15, -0.1) is 22.6 Å². The van der Waals surface area contributed by atoms with Crippen LogP contribution in [0.1, 0.15) is 76.9 Å². The number of hydrogen-bond acceptors (Lipinski definition) is 4. The molecule has 0 radical (unpaired) electrons. The van der Waals surface area contributed by atoms with Gasteiger partial charge >= 0.3 is 0 Å². The number of nitrogens with zero attached hydrogens (tertiary/aromatic N) is 4. The van der Waals surface area contributed by atoms with Crippen LogP contribution in [0.5, 0.6) is 0 Å². The molecule has 1 aromatic heterocycles. The van der Waals surface area contributed by atoms with Crippen molar-refractivity contribution in [3.05, 3.63) is 11.6 Å². The zero-order chi connectivity index (χ0) is 19.0. The van der Waals surface area contributed by atoms with E-state index in [0.717, 1.165) is 69.6 Å². The summed E-state index contributed by atoms with van der Waals surface area (Å²) < 4.78 is 2.30. The second-order valence-corrected chi connectivity index (χ2v) is 9.94. The van der Waals surface area contributed by atoms with Gasteiger partial charge in [-0.05, 0) is 49.4 Å².